The van der Waals surface area contributed by atoms with Crippen LogP contribution in [0.4, 0.5) is 4.39 Å². The predicted octanol–water partition coefficient (Wildman–Crippen LogP) is 3.19. The zero-order valence-electron chi connectivity index (χ0n) is 12.2. The number of carbonyl (C=O) groups excluding carboxylic acids is 1. The van der Waals surface area contributed by atoms with Gasteiger partial charge in [0.25, 0.3) is 0 Å². The van der Waals surface area contributed by atoms with E-state index in [2.05, 4.69) is 12.2 Å². The van der Waals surface area contributed by atoms with Gasteiger partial charge < -0.3 is 10.1 Å². The molecule has 0 radical (unpaired) electrons. The molecule has 0 aliphatic carbocycles. The van der Waals surface area contributed by atoms with Gasteiger partial charge in [0, 0.05) is 5.41 Å². The number of rotatable bonds is 5. The van der Waals surface area contributed by atoms with Gasteiger partial charge in [-0.3, -0.25) is 4.79 Å². The molecule has 1 fully saturated rings. The van der Waals surface area contributed by atoms with Crippen molar-refractivity contribution in [1.29, 1.82) is 0 Å². The number of ketones is 1. The SMILES string of the molecule is CCCC1(C(=O)c2cc(F)ccc2OC)CCNCC1. The van der Waals surface area contributed by atoms with Crippen LogP contribution in [-0.2, 0) is 0 Å². The molecule has 20 heavy (non-hydrogen) atoms. The predicted molar refractivity (Wildman–Crippen MR) is 76.7 cm³/mol. The number of carbonyl (C=O) groups is 1. The molecule has 1 aromatic rings. The Labute approximate surface area is 119 Å². The second-order valence-corrected chi connectivity index (χ2v) is 5.45. The van der Waals surface area contributed by atoms with Crippen molar-refractivity contribution in [3.05, 3.63) is 29.6 Å². The summed E-state index contributed by atoms with van der Waals surface area (Å²) in [6.45, 7) is 3.76. The number of nitrogens with one attached hydrogen (secondary N) is 1. The zero-order chi connectivity index (χ0) is 14.6. The molecule has 110 valence electrons. The van der Waals surface area contributed by atoms with Crippen molar-refractivity contribution < 1.29 is 13.9 Å². The number of halogens is 1. The summed E-state index contributed by atoms with van der Waals surface area (Å²) in [7, 11) is 1.51. The molecule has 1 heterocycles. The van der Waals surface area contributed by atoms with Crippen LogP contribution in [0.25, 0.3) is 0 Å². The maximum atomic E-state index is 13.5. The topological polar surface area (TPSA) is 38.3 Å². The number of hydrogen-bond acceptors (Lipinski definition) is 3. The fourth-order valence-electron chi connectivity index (χ4n) is 3.12. The second kappa shape index (κ2) is 6.35. The highest BCUT2D eigenvalue weighted by molar-refractivity contribution is 6.02. The molecule has 0 amide bonds. The molecule has 0 spiro atoms. The van der Waals surface area contributed by atoms with Crippen LogP contribution in [0, 0.1) is 11.2 Å². The van der Waals surface area contributed by atoms with Gasteiger partial charge in [-0.1, -0.05) is 13.3 Å². The Morgan fingerprint density at radius 2 is 2.10 bits per heavy atom. The van der Waals surface area contributed by atoms with Gasteiger partial charge in [-0.05, 0) is 50.6 Å². The third kappa shape index (κ3) is 2.85. The number of piperidine rings is 1. The van der Waals surface area contributed by atoms with E-state index in [9.17, 15) is 9.18 Å². The fraction of sp³-hybridized carbons (Fsp3) is 0.562. The number of Topliss-reactive ketones (excluding diaryl/α,β-unsaturated/α-hetero) is 1. The van der Waals surface area contributed by atoms with Crippen molar-refractivity contribution in [2.24, 2.45) is 5.41 Å². The maximum Gasteiger partial charge on any atom is 0.172 e. The third-order valence-electron chi connectivity index (χ3n) is 4.18. The maximum absolute atomic E-state index is 13.5. The minimum absolute atomic E-state index is 0.0252. The van der Waals surface area contributed by atoms with Crippen molar-refractivity contribution in [2.45, 2.75) is 32.6 Å². The molecule has 0 atom stereocenters. The highest BCUT2D eigenvalue weighted by Gasteiger charge is 2.40. The van der Waals surface area contributed by atoms with Crippen molar-refractivity contribution in [3.8, 4) is 5.75 Å². The van der Waals surface area contributed by atoms with E-state index in [1.54, 1.807) is 0 Å². The van der Waals surface area contributed by atoms with Gasteiger partial charge in [0.05, 0.1) is 12.7 Å². The lowest BCUT2D eigenvalue weighted by atomic mass is 9.70. The molecular formula is C16H22FNO2. The van der Waals surface area contributed by atoms with E-state index >= 15 is 0 Å². The van der Waals surface area contributed by atoms with Crippen LogP contribution in [-0.4, -0.2) is 26.0 Å². The van der Waals surface area contributed by atoms with Gasteiger partial charge >= 0.3 is 0 Å². The quantitative estimate of drug-likeness (QED) is 0.841. The average molecular weight is 279 g/mol. The summed E-state index contributed by atoms with van der Waals surface area (Å²) in [6.07, 6.45) is 3.40. The average Bonchev–Trinajstić information content (AvgIpc) is 2.47. The van der Waals surface area contributed by atoms with E-state index in [1.807, 2.05) is 0 Å². The van der Waals surface area contributed by atoms with Gasteiger partial charge in [-0.15, -0.1) is 0 Å². The largest absolute Gasteiger partial charge is 0.496 e. The van der Waals surface area contributed by atoms with Crippen LogP contribution in [0.5, 0.6) is 5.75 Å². The van der Waals surface area contributed by atoms with Crippen LogP contribution < -0.4 is 10.1 Å². The van der Waals surface area contributed by atoms with Crippen LogP contribution in [0.15, 0.2) is 18.2 Å². The highest BCUT2D eigenvalue weighted by Crippen LogP contribution is 2.39. The molecule has 3 nitrogen and oxygen atoms in total. The van der Waals surface area contributed by atoms with Crippen molar-refractivity contribution in [2.75, 3.05) is 20.2 Å². The minimum atomic E-state index is -0.394. The number of methoxy groups -OCH3 is 1. The first kappa shape index (κ1) is 15.0. The van der Waals surface area contributed by atoms with Gasteiger partial charge in [0.1, 0.15) is 11.6 Å². The van der Waals surface area contributed by atoms with Crippen molar-refractivity contribution in [3.63, 3.8) is 0 Å². The first-order valence-corrected chi connectivity index (χ1v) is 7.22. The van der Waals surface area contributed by atoms with E-state index < -0.39 is 5.82 Å². The van der Waals surface area contributed by atoms with Crippen LogP contribution in [0.1, 0.15) is 43.0 Å². The van der Waals surface area contributed by atoms with E-state index in [1.165, 1.54) is 25.3 Å². The molecule has 1 aliphatic rings. The minimum Gasteiger partial charge on any atom is -0.496 e. The number of ether oxygens (including phenoxy) is 1. The summed E-state index contributed by atoms with van der Waals surface area (Å²) in [5, 5.41) is 3.29. The zero-order valence-corrected chi connectivity index (χ0v) is 12.2. The third-order valence-corrected chi connectivity index (χ3v) is 4.18. The number of benzene rings is 1. The first-order valence-electron chi connectivity index (χ1n) is 7.22. The summed E-state index contributed by atoms with van der Waals surface area (Å²) < 4.78 is 18.7. The van der Waals surface area contributed by atoms with E-state index in [0.29, 0.717) is 11.3 Å². The van der Waals surface area contributed by atoms with Crippen LogP contribution in [0.3, 0.4) is 0 Å². The molecule has 1 aromatic carbocycles. The van der Waals surface area contributed by atoms with Gasteiger partial charge in [0.2, 0.25) is 0 Å². The normalized spacial score (nSPS) is 17.8. The molecule has 1 N–H and O–H groups in total. The summed E-state index contributed by atoms with van der Waals surface area (Å²) >= 11 is 0. The summed E-state index contributed by atoms with van der Waals surface area (Å²) in [6, 6.07) is 4.16. The van der Waals surface area contributed by atoms with Gasteiger partial charge in [0.15, 0.2) is 5.78 Å². The van der Waals surface area contributed by atoms with Gasteiger partial charge in [-0.2, -0.15) is 0 Å². The van der Waals surface area contributed by atoms with E-state index in [-0.39, 0.29) is 11.2 Å². The lowest BCUT2D eigenvalue weighted by Crippen LogP contribution is -2.42. The van der Waals surface area contributed by atoms with E-state index in [4.69, 9.17) is 4.74 Å². The van der Waals surface area contributed by atoms with Crippen molar-refractivity contribution >= 4 is 5.78 Å². The highest BCUT2D eigenvalue weighted by atomic mass is 19.1. The molecule has 4 heteroatoms. The first-order chi connectivity index (χ1) is 9.63. The smallest absolute Gasteiger partial charge is 0.172 e. The Hall–Kier alpha value is -1.42. The summed E-state index contributed by atoms with van der Waals surface area (Å²) in [5.41, 5.74) is 0.00370. The Bertz CT molecular complexity index is 476. The van der Waals surface area contributed by atoms with Crippen molar-refractivity contribution in [1.82, 2.24) is 5.32 Å². The number of hydrogen-bond donors (Lipinski definition) is 1. The summed E-state index contributed by atoms with van der Waals surface area (Å²) in [4.78, 5) is 13.0. The molecule has 0 bridgehead atoms. The lowest BCUT2D eigenvalue weighted by molar-refractivity contribution is 0.0700. The molecule has 1 saturated heterocycles. The van der Waals surface area contributed by atoms with Crippen LogP contribution in [0.2, 0.25) is 0 Å². The summed E-state index contributed by atoms with van der Waals surface area (Å²) in [5.74, 6) is 0.0948. The van der Waals surface area contributed by atoms with Gasteiger partial charge in [-0.25, -0.2) is 4.39 Å². The van der Waals surface area contributed by atoms with E-state index in [0.717, 1.165) is 38.8 Å². The Morgan fingerprint density at radius 3 is 2.70 bits per heavy atom. The fourth-order valence-corrected chi connectivity index (χ4v) is 3.12. The molecule has 0 unspecified atom stereocenters. The second-order valence-electron chi connectivity index (χ2n) is 5.45. The molecule has 0 aromatic heterocycles. The molecule has 1 aliphatic heterocycles. The molecule has 0 saturated carbocycles. The molecular weight excluding hydrogens is 257 g/mol. The Balaban J connectivity index is 2.39. The molecule has 2 rings (SSSR count). The van der Waals surface area contributed by atoms with Crippen LogP contribution >= 0.6 is 0 Å². The Kier molecular flexibility index (Phi) is 4.76. The standard InChI is InChI=1S/C16H22FNO2/c1-3-6-16(7-9-18-10-8-16)15(19)13-11-12(17)4-5-14(13)20-2/h4-5,11,18H,3,6-10H2,1-2H3. The monoisotopic (exact) mass is 279 g/mol. The Morgan fingerprint density at radius 1 is 1.40 bits per heavy atom. The lowest BCUT2D eigenvalue weighted by Gasteiger charge is -2.36.